The molecule has 3 nitrogen and oxygen atoms in total. The molecule has 96 valence electrons. The number of ether oxygens (including phenoxy) is 1. The minimum Gasteiger partial charge on any atom is -0.508 e. The standard InChI is InChI=1S/C10H12O3.C4H4S/c1-13-10(12)7-4-8-2-5-9(11)6-3-8;1-2-4-5-3-1/h2-3,5-6,11H,4,7H2,1H3;1-4H. The van der Waals surface area contributed by atoms with E-state index in [1.165, 1.54) is 7.11 Å². The van der Waals surface area contributed by atoms with Gasteiger partial charge in [0.05, 0.1) is 7.11 Å². The molecule has 2 aromatic rings. The highest BCUT2D eigenvalue weighted by atomic mass is 32.1. The van der Waals surface area contributed by atoms with Crippen LogP contribution in [0.15, 0.2) is 47.2 Å². The summed E-state index contributed by atoms with van der Waals surface area (Å²) in [6.45, 7) is 0. The molecule has 18 heavy (non-hydrogen) atoms. The first kappa shape index (κ1) is 14.3. The summed E-state index contributed by atoms with van der Waals surface area (Å²) in [5, 5.41) is 13.1. The lowest BCUT2D eigenvalue weighted by molar-refractivity contribution is -0.140. The summed E-state index contributed by atoms with van der Waals surface area (Å²) in [5.74, 6) is 0.0230. The molecule has 0 saturated carbocycles. The largest absolute Gasteiger partial charge is 0.508 e. The molecule has 0 unspecified atom stereocenters. The van der Waals surface area contributed by atoms with Gasteiger partial charge >= 0.3 is 5.97 Å². The van der Waals surface area contributed by atoms with E-state index < -0.39 is 0 Å². The molecule has 1 aromatic heterocycles. The number of esters is 1. The Balaban J connectivity index is 0.000000269. The van der Waals surface area contributed by atoms with Crippen molar-refractivity contribution in [3.63, 3.8) is 0 Å². The predicted molar refractivity (Wildman–Crippen MR) is 72.8 cm³/mol. The molecule has 1 aromatic carbocycles. The molecular weight excluding hydrogens is 248 g/mol. The van der Waals surface area contributed by atoms with Gasteiger partial charge in [-0.3, -0.25) is 4.79 Å². The summed E-state index contributed by atoms with van der Waals surface area (Å²) in [6.07, 6.45) is 1.02. The molecule has 0 aliphatic heterocycles. The van der Waals surface area contributed by atoms with Crippen molar-refractivity contribution < 1.29 is 14.6 Å². The van der Waals surface area contributed by atoms with E-state index in [1.54, 1.807) is 35.6 Å². The zero-order chi connectivity index (χ0) is 13.2. The Morgan fingerprint density at radius 1 is 1.22 bits per heavy atom. The lowest BCUT2D eigenvalue weighted by Gasteiger charge is -2.00. The SMILES string of the molecule is COC(=O)CCc1ccc(O)cc1.c1ccsc1. The smallest absolute Gasteiger partial charge is 0.305 e. The molecule has 0 spiro atoms. The van der Waals surface area contributed by atoms with Gasteiger partial charge in [0.15, 0.2) is 0 Å². The second-order valence-corrected chi connectivity index (χ2v) is 4.35. The number of phenolic OH excluding ortho intramolecular Hbond substituents is 1. The third-order valence-electron chi connectivity index (χ3n) is 2.21. The Bertz CT molecular complexity index is 417. The first-order valence-corrected chi connectivity index (χ1v) is 6.48. The van der Waals surface area contributed by atoms with Gasteiger partial charge in [-0.1, -0.05) is 24.3 Å². The normalized spacial score (nSPS) is 9.17. The molecule has 2 rings (SSSR count). The third-order valence-corrected chi connectivity index (χ3v) is 2.84. The van der Waals surface area contributed by atoms with Crippen molar-refractivity contribution in [2.24, 2.45) is 0 Å². The van der Waals surface area contributed by atoms with Crippen LogP contribution >= 0.6 is 11.3 Å². The van der Waals surface area contributed by atoms with E-state index in [9.17, 15) is 4.79 Å². The van der Waals surface area contributed by atoms with Crippen molar-refractivity contribution >= 4 is 17.3 Å². The van der Waals surface area contributed by atoms with E-state index in [2.05, 4.69) is 4.74 Å². The maximum absolute atomic E-state index is 10.8. The number of methoxy groups -OCH3 is 1. The minimum atomic E-state index is -0.215. The fourth-order valence-electron chi connectivity index (χ4n) is 1.24. The number of benzene rings is 1. The van der Waals surface area contributed by atoms with Gasteiger partial charge in [0.1, 0.15) is 5.75 Å². The van der Waals surface area contributed by atoms with Gasteiger partial charge in [-0.15, -0.1) is 0 Å². The minimum absolute atomic E-state index is 0.215. The van der Waals surface area contributed by atoms with Crippen LogP contribution in [-0.4, -0.2) is 18.2 Å². The molecule has 0 amide bonds. The van der Waals surface area contributed by atoms with E-state index in [-0.39, 0.29) is 11.7 Å². The summed E-state index contributed by atoms with van der Waals surface area (Å²) in [6, 6.07) is 10.8. The number of aromatic hydroxyl groups is 1. The first-order valence-electron chi connectivity index (χ1n) is 5.54. The van der Waals surface area contributed by atoms with Crippen molar-refractivity contribution in [3.8, 4) is 5.75 Å². The molecule has 0 bridgehead atoms. The summed E-state index contributed by atoms with van der Waals surface area (Å²) < 4.78 is 4.51. The van der Waals surface area contributed by atoms with Crippen LogP contribution in [0.25, 0.3) is 0 Å². The molecule has 0 fully saturated rings. The van der Waals surface area contributed by atoms with Crippen LogP contribution in [0.4, 0.5) is 0 Å². The van der Waals surface area contributed by atoms with Crippen molar-refractivity contribution in [2.75, 3.05) is 7.11 Å². The van der Waals surface area contributed by atoms with Crippen LogP contribution in [0.3, 0.4) is 0 Å². The summed E-state index contributed by atoms with van der Waals surface area (Å²) in [7, 11) is 1.37. The number of rotatable bonds is 3. The molecule has 4 heteroatoms. The maximum Gasteiger partial charge on any atom is 0.305 e. The average Bonchev–Trinajstić information content (AvgIpc) is 2.97. The van der Waals surface area contributed by atoms with Crippen LogP contribution < -0.4 is 0 Å². The van der Waals surface area contributed by atoms with Crippen LogP contribution in [-0.2, 0) is 16.0 Å². The summed E-state index contributed by atoms with van der Waals surface area (Å²) in [4.78, 5) is 10.8. The van der Waals surface area contributed by atoms with E-state index in [0.29, 0.717) is 12.8 Å². The van der Waals surface area contributed by atoms with Crippen LogP contribution in [0, 0.1) is 0 Å². The van der Waals surface area contributed by atoms with Crippen molar-refractivity contribution in [3.05, 3.63) is 52.7 Å². The number of thiophene rings is 1. The topological polar surface area (TPSA) is 46.5 Å². The molecule has 0 aliphatic carbocycles. The van der Waals surface area contributed by atoms with Gasteiger partial charge < -0.3 is 9.84 Å². The highest BCUT2D eigenvalue weighted by molar-refractivity contribution is 7.07. The van der Waals surface area contributed by atoms with Crippen molar-refractivity contribution in [1.29, 1.82) is 0 Å². The molecule has 0 aliphatic rings. The second kappa shape index (κ2) is 8.31. The van der Waals surface area contributed by atoms with E-state index >= 15 is 0 Å². The summed E-state index contributed by atoms with van der Waals surface area (Å²) in [5.41, 5.74) is 1.02. The van der Waals surface area contributed by atoms with Gasteiger partial charge in [-0.25, -0.2) is 0 Å². The molecule has 0 saturated heterocycles. The number of phenols is 1. The average molecular weight is 264 g/mol. The zero-order valence-electron chi connectivity index (χ0n) is 10.2. The van der Waals surface area contributed by atoms with Crippen LogP contribution in [0.1, 0.15) is 12.0 Å². The Hall–Kier alpha value is -1.81. The number of carbonyl (C=O) groups is 1. The van der Waals surface area contributed by atoms with E-state index in [0.717, 1.165) is 5.56 Å². The monoisotopic (exact) mass is 264 g/mol. The lowest BCUT2D eigenvalue weighted by atomic mass is 10.1. The molecule has 1 N–H and O–H groups in total. The highest BCUT2D eigenvalue weighted by Gasteiger charge is 2.00. The Morgan fingerprint density at radius 2 is 1.83 bits per heavy atom. The quantitative estimate of drug-likeness (QED) is 0.866. The highest BCUT2D eigenvalue weighted by Crippen LogP contribution is 2.11. The van der Waals surface area contributed by atoms with E-state index in [4.69, 9.17) is 5.11 Å². The lowest BCUT2D eigenvalue weighted by Crippen LogP contribution is -2.01. The fourth-order valence-corrected chi connectivity index (χ4v) is 1.69. The molecule has 1 heterocycles. The maximum atomic E-state index is 10.8. The summed E-state index contributed by atoms with van der Waals surface area (Å²) >= 11 is 1.71. The number of aryl methyl sites for hydroxylation is 1. The molecule has 0 atom stereocenters. The first-order chi connectivity index (χ1) is 8.72. The van der Waals surface area contributed by atoms with Gasteiger partial charge in [0.25, 0.3) is 0 Å². The second-order valence-electron chi connectivity index (χ2n) is 3.54. The molecule has 0 radical (unpaired) electrons. The van der Waals surface area contributed by atoms with Gasteiger partial charge in [0, 0.05) is 6.42 Å². The number of hydrogen-bond donors (Lipinski definition) is 1. The Labute approximate surface area is 111 Å². The van der Waals surface area contributed by atoms with Crippen LogP contribution in [0.5, 0.6) is 5.75 Å². The van der Waals surface area contributed by atoms with Crippen molar-refractivity contribution in [1.82, 2.24) is 0 Å². The van der Waals surface area contributed by atoms with E-state index in [1.807, 2.05) is 22.9 Å². The van der Waals surface area contributed by atoms with Gasteiger partial charge in [0.2, 0.25) is 0 Å². The van der Waals surface area contributed by atoms with Gasteiger partial charge in [-0.05, 0) is 34.9 Å². The fraction of sp³-hybridized carbons (Fsp3) is 0.214. The Kier molecular flexibility index (Phi) is 6.58. The van der Waals surface area contributed by atoms with Crippen LogP contribution in [0.2, 0.25) is 0 Å². The zero-order valence-corrected chi connectivity index (χ0v) is 11.0. The number of carbonyl (C=O) groups excluding carboxylic acids is 1. The third kappa shape index (κ3) is 6.06. The predicted octanol–water partition coefficient (Wildman–Crippen LogP) is 3.25. The van der Waals surface area contributed by atoms with Gasteiger partial charge in [-0.2, -0.15) is 11.3 Å². The molecular formula is C14H16O3S. The number of hydrogen-bond acceptors (Lipinski definition) is 4. The van der Waals surface area contributed by atoms with Crippen molar-refractivity contribution in [2.45, 2.75) is 12.8 Å². The Morgan fingerprint density at radius 3 is 2.28 bits per heavy atom.